The molecule has 5 atom stereocenters. The van der Waals surface area contributed by atoms with Crippen LogP contribution in [0.4, 0.5) is 14.9 Å². The highest BCUT2D eigenvalue weighted by Crippen LogP contribution is 2.46. The Morgan fingerprint density at radius 2 is 1.73 bits per heavy atom. The highest BCUT2D eigenvalue weighted by Gasteiger charge is 2.46. The van der Waals surface area contributed by atoms with Gasteiger partial charge in [-0.05, 0) is 73.9 Å². The molecule has 4 heterocycles. The molecule has 0 saturated carbocycles. The predicted molar refractivity (Wildman–Crippen MR) is 232 cm³/mol. The molecule has 66 heavy (non-hydrogen) atoms. The van der Waals surface area contributed by atoms with E-state index in [1.165, 1.54) is 47.9 Å². The van der Waals surface area contributed by atoms with Gasteiger partial charge in [0.25, 0.3) is 5.56 Å². The van der Waals surface area contributed by atoms with E-state index in [-0.39, 0.29) is 77.7 Å². The second-order valence-electron chi connectivity index (χ2n) is 16.8. The second-order valence-corrected chi connectivity index (χ2v) is 16.8. The maximum Gasteiger partial charge on any atom is 0.408 e. The van der Waals surface area contributed by atoms with Crippen LogP contribution in [-0.2, 0) is 63.4 Å². The Labute approximate surface area is 375 Å². The Kier molecular flexibility index (Phi) is 13.0. The molecule has 4 aromatic rings. The van der Waals surface area contributed by atoms with Gasteiger partial charge in [0, 0.05) is 33.8 Å². The van der Waals surface area contributed by atoms with Gasteiger partial charge in [-0.2, -0.15) is 0 Å². The Hall–Kier alpha value is -7.26. The van der Waals surface area contributed by atoms with Crippen LogP contribution in [0.15, 0.2) is 41.2 Å². The minimum atomic E-state index is -2.08. The summed E-state index contributed by atoms with van der Waals surface area (Å²) < 4.78 is 27.5. The summed E-state index contributed by atoms with van der Waals surface area (Å²) in [5, 5.41) is 34.9. The number of cyclic esters (lactones) is 1. The van der Waals surface area contributed by atoms with Crippen LogP contribution in [0.5, 0.6) is 0 Å². The number of hydrogen-bond donors (Lipinski definition) is 8. The molecule has 2 aromatic heterocycles. The van der Waals surface area contributed by atoms with Crippen LogP contribution in [0, 0.1) is 18.7 Å². The molecule has 0 spiro atoms. The fraction of sp³-hybridized carbons (Fsp3) is 0.400. The van der Waals surface area contributed by atoms with Crippen molar-refractivity contribution in [3.63, 3.8) is 0 Å². The highest BCUT2D eigenvalue weighted by molar-refractivity contribution is 5.99. The molecule has 0 saturated heterocycles. The lowest BCUT2D eigenvalue weighted by molar-refractivity contribution is -0.172. The molecule has 348 valence electrons. The minimum Gasteiger partial charge on any atom is -0.478 e. The topological polar surface area (TPSA) is 299 Å². The zero-order chi connectivity index (χ0) is 47.9. The number of carbonyl (C=O) groups is 7. The monoisotopic (exact) mass is 912 g/mol. The first-order chi connectivity index (χ1) is 31.3. The number of benzene rings is 2. The van der Waals surface area contributed by atoms with Crippen LogP contribution >= 0.6 is 0 Å². The number of amides is 5. The van der Waals surface area contributed by atoms with E-state index in [0.717, 1.165) is 0 Å². The number of fused-ring (bicyclic) bond motifs is 5. The zero-order valence-electron chi connectivity index (χ0n) is 36.6. The maximum absolute atomic E-state index is 15.4. The fourth-order valence-electron chi connectivity index (χ4n) is 8.61. The Bertz CT molecular complexity index is 2780. The van der Waals surface area contributed by atoms with Crippen LogP contribution < -0.4 is 37.9 Å². The number of carboxylic acid groups (broad SMARTS) is 1. The number of nitrogens with zero attached hydrogens (tertiary/aromatic N) is 2. The van der Waals surface area contributed by atoms with E-state index < -0.39 is 89.4 Å². The highest BCUT2D eigenvalue weighted by atomic mass is 19.1. The second kappa shape index (κ2) is 18.3. The third kappa shape index (κ3) is 8.65. The van der Waals surface area contributed by atoms with E-state index in [2.05, 4.69) is 26.6 Å². The number of aromatic nitrogens is 2. The van der Waals surface area contributed by atoms with Gasteiger partial charge in [-0.1, -0.05) is 32.9 Å². The van der Waals surface area contributed by atoms with Crippen molar-refractivity contribution in [1.82, 2.24) is 30.8 Å². The number of carboxylic acids is 1. The summed E-state index contributed by atoms with van der Waals surface area (Å²) in [4.78, 5) is 108. The molecule has 0 radical (unpaired) electrons. The van der Waals surface area contributed by atoms with Gasteiger partial charge < -0.3 is 56.6 Å². The van der Waals surface area contributed by atoms with Crippen molar-refractivity contribution < 1.29 is 57.6 Å². The molecule has 3 aliphatic rings. The van der Waals surface area contributed by atoms with Crippen molar-refractivity contribution in [2.75, 3.05) is 18.4 Å². The van der Waals surface area contributed by atoms with Crippen molar-refractivity contribution in [1.29, 1.82) is 0 Å². The molecule has 20 nitrogen and oxygen atoms in total. The molecule has 21 heteroatoms. The summed E-state index contributed by atoms with van der Waals surface area (Å²) in [6.45, 7) is 6.92. The average molecular weight is 913 g/mol. The first kappa shape index (κ1) is 46.7. The summed E-state index contributed by atoms with van der Waals surface area (Å²) in [5.41, 5.74) is 6.01. The van der Waals surface area contributed by atoms with Gasteiger partial charge in [0.1, 0.15) is 24.5 Å². The average Bonchev–Trinajstić information content (AvgIpc) is 3.65. The summed E-state index contributed by atoms with van der Waals surface area (Å²) in [7, 11) is 0. The lowest BCUT2D eigenvalue weighted by Crippen LogP contribution is -2.55. The van der Waals surface area contributed by atoms with Gasteiger partial charge in [0.15, 0.2) is 5.60 Å². The van der Waals surface area contributed by atoms with Crippen molar-refractivity contribution in [3.8, 4) is 11.4 Å². The van der Waals surface area contributed by atoms with Crippen LogP contribution in [-0.4, -0.2) is 86.6 Å². The quantitative estimate of drug-likeness (QED) is 0.0737. The number of ether oxygens (including phenoxy) is 2. The molecular formula is C45H49FN8O12. The third-order valence-electron chi connectivity index (χ3n) is 12.2. The number of carbonyl (C=O) groups excluding carboxylic acids is 6. The molecule has 1 aliphatic carbocycles. The number of aryl methyl sites for hydroxylation is 1. The van der Waals surface area contributed by atoms with Gasteiger partial charge >= 0.3 is 18.0 Å². The van der Waals surface area contributed by atoms with Gasteiger partial charge in [0.05, 0.1) is 48.1 Å². The number of nitrogens with one attached hydrogen (secondary N) is 5. The lowest BCUT2D eigenvalue weighted by atomic mass is 9.81. The van der Waals surface area contributed by atoms with E-state index >= 15 is 4.39 Å². The summed E-state index contributed by atoms with van der Waals surface area (Å²) in [6, 6.07) is 5.26. The van der Waals surface area contributed by atoms with Crippen molar-refractivity contribution in [2.45, 2.75) is 96.9 Å². The molecule has 2 aromatic carbocycles. The van der Waals surface area contributed by atoms with Crippen LogP contribution in [0.25, 0.3) is 22.3 Å². The molecule has 1 unspecified atom stereocenters. The van der Waals surface area contributed by atoms with Crippen molar-refractivity contribution in [2.24, 2.45) is 11.7 Å². The Balaban J connectivity index is 1.07. The van der Waals surface area contributed by atoms with E-state index in [1.54, 1.807) is 27.7 Å². The van der Waals surface area contributed by atoms with Crippen LogP contribution in [0.3, 0.4) is 0 Å². The predicted octanol–water partition coefficient (Wildman–Crippen LogP) is 1.73. The number of halogens is 1. The number of anilines is 1. The maximum atomic E-state index is 15.4. The molecule has 5 amide bonds. The fourth-order valence-corrected chi connectivity index (χ4v) is 8.61. The first-order valence-corrected chi connectivity index (χ1v) is 21.3. The zero-order valence-corrected chi connectivity index (χ0v) is 36.6. The van der Waals surface area contributed by atoms with Crippen molar-refractivity contribution in [3.05, 3.63) is 91.5 Å². The van der Waals surface area contributed by atoms with Crippen molar-refractivity contribution >= 4 is 58.3 Å². The van der Waals surface area contributed by atoms with Gasteiger partial charge in [-0.15, -0.1) is 0 Å². The summed E-state index contributed by atoms with van der Waals surface area (Å²) in [5.74, 6) is -5.78. The summed E-state index contributed by atoms with van der Waals surface area (Å²) >= 11 is 0. The number of nitrogens with two attached hydrogens (primary N) is 1. The number of aliphatic hydroxyl groups is 1. The Morgan fingerprint density at radius 1 is 1.02 bits per heavy atom. The normalized spacial score (nSPS) is 18.1. The summed E-state index contributed by atoms with van der Waals surface area (Å²) in [6.07, 6.45) is -2.43. The molecule has 0 bridgehead atoms. The number of alkyl carbamates (subject to hydrolysis) is 1. The van der Waals surface area contributed by atoms with E-state index in [4.69, 9.17) is 20.2 Å². The third-order valence-corrected chi connectivity index (χ3v) is 12.2. The number of pyridine rings is 2. The minimum absolute atomic E-state index is 0.0168. The Morgan fingerprint density at radius 3 is 2.38 bits per heavy atom. The standard InChI is InChI=1S/C45H49FN8O12/c1-6-45(64)27-13-31-37-25(17-54(31)41(59)26(27)18-65-43(45)62)35-29(12-11-24-20(4)28(46)14-30(51-37)34(24)35)52-44(63)66-38(42(60)61)22-7-9-23(10-8-22)50-39(57)21(5)49-40(58)36(19(2)3)53-33(56)16-48-32(55)15-47/h7-10,13-14,19,21,29,36,38,64H,6,11-12,15-18,47H2,1-5H3,(H,48,55)(H,49,58)(H,50,57)(H,52,63)(H,53,56)(H,60,61)/t21-,29-,36-,38?,45-/m0/s1. The number of rotatable bonds is 14. The van der Waals surface area contributed by atoms with Crippen LogP contribution in [0.2, 0.25) is 0 Å². The van der Waals surface area contributed by atoms with E-state index in [0.29, 0.717) is 34.1 Å². The molecule has 9 N–H and O–H groups in total. The molecule has 7 rings (SSSR count). The largest absolute Gasteiger partial charge is 0.478 e. The van der Waals surface area contributed by atoms with Gasteiger partial charge in [-0.3, -0.25) is 24.0 Å². The van der Waals surface area contributed by atoms with E-state index in [9.17, 15) is 48.6 Å². The van der Waals surface area contributed by atoms with Gasteiger partial charge in [-0.25, -0.2) is 23.8 Å². The van der Waals surface area contributed by atoms with Crippen LogP contribution in [0.1, 0.15) is 91.6 Å². The smallest absolute Gasteiger partial charge is 0.408 e. The first-order valence-electron chi connectivity index (χ1n) is 21.3. The number of hydrogen-bond acceptors (Lipinski definition) is 13. The number of aliphatic carboxylic acids is 1. The number of esters is 1. The lowest BCUT2D eigenvalue weighted by Gasteiger charge is -2.31. The molecular weight excluding hydrogens is 864 g/mol. The molecule has 2 aliphatic heterocycles. The van der Waals surface area contributed by atoms with E-state index in [1.807, 2.05) is 0 Å². The SMILES string of the molecule is CC[C@@]1(O)C(=O)OCc2c1cc1n(c2=O)Cc2c-1nc1cc(F)c(C)c3c1c2[C@@H](NC(=O)OC(C(=O)O)c1ccc(NC(=O)[C@H](C)NC(=O)[C@@H](NC(=O)CNC(=O)CN)C(C)C)cc1)CC3. The molecule has 0 fully saturated rings. The van der Waals surface area contributed by atoms with Gasteiger partial charge in [0.2, 0.25) is 29.7 Å².